The van der Waals surface area contributed by atoms with Crippen molar-refractivity contribution < 1.29 is 31.9 Å². The minimum atomic E-state index is -3.87. The van der Waals surface area contributed by atoms with Gasteiger partial charge in [-0.2, -0.15) is 4.31 Å². The molecule has 1 aliphatic heterocycles. The lowest BCUT2D eigenvalue weighted by molar-refractivity contribution is -0.151. The second kappa shape index (κ2) is 11.4. The Morgan fingerprint density at radius 3 is 2.52 bits per heavy atom. The molecule has 0 aliphatic carbocycles. The lowest BCUT2D eigenvalue weighted by atomic mass is 9.73. The minimum absolute atomic E-state index is 0.00654. The van der Waals surface area contributed by atoms with Crippen molar-refractivity contribution in [1.29, 1.82) is 0 Å². The van der Waals surface area contributed by atoms with Gasteiger partial charge in [0.1, 0.15) is 27.4 Å². The third-order valence-electron chi connectivity index (χ3n) is 7.42. The molecular formula is C30H34FNO6S2. The maximum absolute atomic E-state index is 14.8. The fourth-order valence-corrected chi connectivity index (χ4v) is 7.94. The summed E-state index contributed by atoms with van der Waals surface area (Å²) >= 11 is 1.01. The molecule has 0 saturated carbocycles. The highest BCUT2D eigenvalue weighted by molar-refractivity contribution is 7.89. The first-order valence-electron chi connectivity index (χ1n) is 13.0. The number of Topliss-reactive ketones (excluding diaryl/α,β-unsaturated/α-hetero) is 1. The third kappa shape index (κ3) is 5.57. The van der Waals surface area contributed by atoms with Crippen LogP contribution in [0.1, 0.15) is 71.3 Å². The van der Waals surface area contributed by atoms with Crippen LogP contribution in [0.4, 0.5) is 4.39 Å². The second-order valence-corrected chi connectivity index (χ2v) is 13.6. The first kappa shape index (κ1) is 29.9. The number of hydrogen-bond acceptors (Lipinski definition) is 7. The van der Waals surface area contributed by atoms with Gasteiger partial charge in [0.05, 0.1) is 19.1 Å². The van der Waals surface area contributed by atoms with Crippen LogP contribution in [0.25, 0.3) is 0 Å². The molecule has 0 spiro atoms. The van der Waals surface area contributed by atoms with Crippen molar-refractivity contribution in [1.82, 2.24) is 4.31 Å². The number of para-hydroxylation sites is 1. The minimum Gasteiger partial charge on any atom is -0.488 e. The molecule has 0 bridgehead atoms. The number of ether oxygens (including phenoxy) is 2. The van der Waals surface area contributed by atoms with Gasteiger partial charge in [0.25, 0.3) is 0 Å². The molecule has 10 heteroatoms. The van der Waals surface area contributed by atoms with Crippen molar-refractivity contribution in [3.63, 3.8) is 0 Å². The number of benzene rings is 2. The number of carbonyl (C=O) groups excluding carboxylic acids is 2. The van der Waals surface area contributed by atoms with Gasteiger partial charge in [0.2, 0.25) is 10.0 Å². The molecule has 0 amide bonds. The maximum Gasteiger partial charge on any atom is 0.312 e. The Morgan fingerprint density at radius 1 is 1.20 bits per heavy atom. The summed E-state index contributed by atoms with van der Waals surface area (Å²) in [5, 5.41) is 0. The lowest BCUT2D eigenvalue weighted by Crippen LogP contribution is -2.36. The van der Waals surface area contributed by atoms with E-state index in [0.717, 1.165) is 22.5 Å². The Hall–Kier alpha value is -3.08. The van der Waals surface area contributed by atoms with Gasteiger partial charge in [-0.15, -0.1) is 11.3 Å². The second-order valence-electron chi connectivity index (χ2n) is 10.6. The predicted octanol–water partition coefficient (Wildman–Crippen LogP) is 6.09. The molecule has 214 valence electrons. The number of nitrogens with zero attached hydrogens (tertiary/aromatic N) is 1. The van der Waals surface area contributed by atoms with E-state index >= 15 is 0 Å². The van der Waals surface area contributed by atoms with Crippen molar-refractivity contribution in [2.24, 2.45) is 5.41 Å². The number of rotatable bonds is 8. The molecule has 0 N–H and O–H groups in total. The zero-order valence-electron chi connectivity index (χ0n) is 23.5. The fraction of sp³-hybridized carbons (Fsp3) is 0.400. The van der Waals surface area contributed by atoms with E-state index in [2.05, 4.69) is 0 Å². The Kier molecular flexibility index (Phi) is 8.54. The van der Waals surface area contributed by atoms with E-state index in [1.165, 1.54) is 24.4 Å². The van der Waals surface area contributed by atoms with Crippen molar-refractivity contribution in [2.75, 3.05) is 13.7 Å². The van der Waals surface area contributed by atoms with Crippen LogP contribution in [0.5, 0.6) is 5.75 Å². The van der Waals surface area contributed by atoms with E-state index < -0.39 is 38.9 Å². The molecule has 0 saturated heterocycles. The van der Waals surface area contributed by atoms with Gasteiger partial charge in [-0.05, 0) is 62.1 Å². The Labute approximate surface area is 239 Å². The molecule has 3 aromatic rings. The standard InChI is InChI=1S/C30H34FNO6S2/c1-7-22-17-32(40(35,36)26-11-9-8-10-24(26)38-22)16-21-14-20(13-12-18(21)2)27(30(4,5)29(34)37-6)25-15-23(31)28(39-25)19(3)33/h8-15,22,27H,7,16-17H2,1-6H3/t22-,27?/m1/s1. The number of thiophene rings is 1. The highest BCUT2D eigenvalue weighted by atomic mass is 32.2. The number of methoxy groups -OCH3 is 1. The van der Waals surface area contributed by atoms with Crippen molar-refractivity contribution in [3.8, 4) is 5.75 Å². The highest BCUT2D eigenvalue weighted by Gasteiger charge is 2.42. The number of halogens is 1. The number of carbonyl (C=O) groups is 2. The fourth-order valence-electron chi connectivity index (χ4n) is 5.12. The van der Waals surface area contributed by atoms with Gasteiger partial charge in [-0.25, -0.2) is 12.8 Å². The first-order chi connectivity index (χ1) is 18.8. The molecule has 0 fully saturated rings. The number of aryl methyl sites for hydroxylation is 1. The molecule has 4 rings (SSSR count). The molecule has 1 aliphatic rings. The van der Waals surface area contributed by atoms with Crippen LogP contribution in [0.3, 0.4) is 0 Å². The molecular weight excluding hydrogens is 553 g/mol. The number of hydrogen-bond donors (Lipinski definition) is 0. The smallest absolute Gasteiger partial charge is 0.312 e. The summed E-state index contributed by atoms with van der Waals surface area (Å²) in [6.07, 6.45) is 0.295. The van der Waals surface area contributed by atoms with Gasteiger partial charge < -0.3 is 9.47 Å². The normalized spacial score (nSPS) is 17.8. The summed E-state index contributed by atoms with van der Waals surface area (Å²) in [4.78, 5) is 25.6. The van der Waals surface area contributed by atoms with E-state index in [4.69, 9.17) is 9.47 Å². The van der Waals surface area contributed by atoms with E-state index in [0.29, 0.717) is 22.6 Å². The lowest BCUT2D eigenvalue weighted by Gasteiger charge is -2.32. The van der Waals surface area contributed by atoms with Gasteiger partial charge >= 0.3 is 5.97 Å². The monoisotopic (exact) mass is 587 g/mol. The quantitative estimate of drug-likeness (QED) is 0.234. The number of sulfonamides is 1. The summed E-state index contributed by atoms with van der Waals surface area (Å²) in [6.45, 7) is 8.83. The van der Waals surface area contributed by atoms with E-state index in [1.807, 2.05) is 32.0 Å². The third-order valence-corrected chi connectivity index (χ3v) is 10.5. The molecule has 2 heterocycles. The van der Waals surface area contributed by atoms with Crippen LogP contribution in [0, 0.1) is 18.2 Å². The highest BCUT2D eigenvalue weighted by Crippen LogP contribution is 2.45. The Balaban J connectivity index is 1.82. The van der Waals surface area contributed by atoms with Crippen molar-refractivity contribution in [2.45, 2.75) is 64.5 Å². The Bertz CT molecular complexity index is 1550. The van der Waals surface area contributed by atoms with Gasteiger partial charge in [-0.3, -0.25) is 9.59 Å². The molecule has 40 heavy (non-hydrogen) atoms. The summed E-state index contributed by atoms with van der Waals surface area (Å²) in [5.74, 6) is -1.84. The summed E-state index contributed by atoms with van der Waals surface area (Å²) in [7, 11) is -2.57. The largest absolute Gasteiger partial charge is 0.488 e. The molecule has 1 unspecified atom stereocenters. The molecule has 1 aromatic heterocycles. The van der Waals surface area contributed by atoms with Gasteiger partial charge in [0.15, 0.2) is 5.78 Å². The van der Waals surface area contributed by atoms with Crippen LogP contribution in [-0.2, 0) is 26.1 Å². The van der Waals surface area contributed by atoms with Crippen molar-refractivity contribution >= 4 is 33.1 Å². The number of ketones is 1. The zero-order valence-corrected chi connectivity index (χ0v) is 25.1. The van der Waals surface area contributed by atoms with Crippen LogP contribution < -0.4 is 4.74 Å². The van der Waals surface area contributed by atoms with Gasteiger partial charge in [0, 0.05) is 24.3 Å². The Morgan fingerprint density at radius 2 is 1.90 bits per heavy atom. The average Bonchev–Trinajstić information content (AvgIpc) is 3.25. The summed E-state index contributed by atoms with van der Waals surface area (Å²) in [5.41, 5.74) is 1.16. The average molecular weight is 588 g/mol. The molecule has 0 radical (unpaired) electrons. The maximum atomic E-state index is 14.8. The van der Waals surface area contributed by atoms with E-state index in [1.54, 1.807) is 38.1 Å². The van der Waals surface area contributed by atoms with Crippen LogP contribution in [0.15, 0.2) is 53.4 Å². The number of esters is 1. The van der Waals surface area contributed by atoms with Crippen LogP contribution >= 0.6 is 11.3 Å². The van der Waals surface area contributed by atoms with E-state index in [9.17, 15) is 22.4 Å². The summed E-state index contributed by atoms with van der Waals surface area (Å²) < 4.78 is 54.8. The zero-order chi connectivity index (χ0) is 29.4. The predicted molar refractivity (Wildman–Crippen MR) is 152 cm³/mol. The summed E-state index contributed by atoms with van der Waals surface area (Å²) in [6, 6.07) is 13.5. The molecule has 7 nitrogen and oxygen atoms in total. The first-order valence-corrected chi connectivity index (χ1v) is 15.3. The van der Waals surface area contributed by atoms with Crippen LogP contribution in [-0.4, -0.2) is 44.2 Å². The molecule has 2 aromatic carbocycles. The number of fused-ring (bicyclic) bond motifs is 1. The van der Waals surface area contributed by atoms with Gasteiger partial charge in [-0.1, -0.05) is 37.3 Å². The van der Waals surface area contributed by atoms with Crippen LogP contribution in [0.2, 0.25) is 0 Å². The SMILES string of the molecule is CC[C@@H]1CN(Cc2cc(C(c3cc(F)c(C(C)=O)s3)C(C)(C)C(=O)OC)ccc2C)S(=O)(=O)c2ccccc2O1. The molecule has 2 atom stereocenters. The topological polar surface area (TPSA) is 90.0 Å². The van der Waals surface area contributed by atoms with E-state index in [-0.39, 0.29) is 29.0 Å². The van der Waals surface area contributed by atoms with Crippen molar-refractivity contribution in [3.05, 3.63) is 80.8 Å².